The normalized spacial score (nSPS) is 13.1. The molecule has 0 aromatic carbocycles. The minimum atomic E-state index is -0.239. The fourth-order valence-electron chi connectivity index (χ4n) is 1.59. The first-order valence-corrected chi connectivity index (χ1v) is 5.40. The quantitative estimate of drug-likeness (QED) is 0.593. The van der Waals surface area contributed by atoms with E-state index in [2.05, 4.69) is 11.8 Å². The Kier molecular flexibility index (Phi) is 7.42. The standard InChI is InChI=1S/C10H23N3O/c1-3-5-7-13(8-6-11)9(4-2)10(12)14/h9H,3-8,11H2,1-2H3,(H2,12,14). The van der Waals surface area contributed by atoms with Gasteiger partial charge in [0.1, 0.15) is 0 Å². The van der Waals surface area contributed by atoms with Gasteiger partial charge in [0.15, 0.2) is 0 Å². The lowest BCUT2D eigenvalue weighted by Gasteiger charge is -2.28. The van der Waals surface area contributed by atoms with E-state index in [1.165, 1.54) is 0 Å². The van der Waals surface area contributed by atoms with Crippen molar-refractivity contribution in [1.29, 1.82) is 0 Å². The van der Waals surface area contributed by atoms with Crippen LogP contribution in [0, 0.1) is 0 Å². The number of carbonyl (C=O) groups excluding carboxylic acids is 1. The third-order valence-corrected chi connectivity index (χ3v) is 2.37. The highest BCUT2D eigenvalue weighted by atomic mass is 16.1. The number of nitrogens with zero attached hydrogens (tertiary/aromatic N) is 1. The topological polar surface area (TPSA) is 72.3 Å². The van der Waals surface area contributed by atoms with Crippen molar-refractivity contribution < 1.29 is 4.79 Å². The van der Waals surface area contributed by atoms with Crippen molar-refractivity contribution in [1.82, 2.24) is 4.90 Å². The summed E-state index contributed by atoms with van der Waals surface area (Å²) in [6.07, 6.45) is 2.97. The fraction of sp³-hybridized carbons (Fsp3) is 0.900. The van der Waals surface area contributed by atoms with Crippen molar-refractivity contribution in [2.75, 3.05) is 19.6 Å². The zero-order valence-electron chi connectivity index (χ0n) is 9.33. The van der Waals surface area contributed by atoms with Gasteiger partial charge in [-0.3, -0.25) is 9.69 Å². The molecule has 84 valence electrons. The average Bonchev–Trinajstić information content (AvgIpc) is 2.14. The maximum atomic E-state index is 11.1. The van der Waals surface area contributed by atoms with E-state index in [1.54, 1.807) is 0 Å². The van der Waals surface area contributed by atoms with Gasteiger partial charge in [-0.25, -0.2) is 0 Å². The van der Waals surface area contributed by atoms with Crippen LogP contribution in [0.5, 0.6) is 0 Å². The van der Waals surface area contributed by atoms with Gasteiger partial charge in [0, 0.05) is 13.1 Å². The van der Waals surface area contributed by atoms with Gasteiger partial charge in [-0.2, -0.15) is 0 Å². The molecule has 0 aliphatic carbocycles. The molecule has 0 rings (SSSR count). The first kappa shape index (κ1) is 13.4. The van der Waals surface area contributed by atoms with Crippen molar-refractivity contribution in [3.05, 3.63) is 0 Å². The third-order valence-electron chi connectivity index (χ3n) is 2.37. The molecular weight excluding hydrogens is 178 g/mol. The van der Waals surface area contributed by atoms with Crippen LogP contribution < -0.4 is 11.5 Å². The number of unbranched alkanes of at least 4 members (excludes halogenated alkanes) is 1. The second-order valence-corrected chi connectivity index (χ2v) is 3.50. The molecule has 4 nitrogen and oxygen atoms in total. The molecule has 0 fully saturated rings. The summed E-state index contributed by atoms with van der Waals surface area (Å²) in [7, 11) is 0. The maximum Gasteiger partial charge on any atom is 0.234 e. The SMILES string of the molecule is CCCCN(CCN)C(CC)C(N)=O. The molecule has 0 saturated heterocycles. The highest BCUT2D eigenvalue weighted by Crippen LogP contribution is 2.05. The Labute approximate surface area is 86.6 Å². The number of hydrogen-bond donors (Lipinski definition) is 2. The van der Waals surface area contributed by atoms with Crippen LogP contribution in [0.25, 0.3) is 0 Å². The lowest BCUT2D eigenvalue weighted by Crippen LogP contribution is -2.46. The Morgan fingerprint density at radius 3 is 2.36 bits per heavy atom. The first-order valence-electron chi connectivity index (χ1n) is 5.40. The second-order valence-electron chi connectivity index (χ2n) is 3.50. The van der Waals surface area contributed by atoms with Crippen LogP contribution in [0.2, 0.25) is 0 Å². The maximum absolute atomic E-state index is 11.1. The van der Waals surface area contributed by atoms with Gasteiger partial charge >= 0.3 is 0 Å². The number of amides is 1. The van der Waals surface area contributed by atoms with Gasteiger partial charge in [-0.15, -0.1) is 0 Å². The highest BCUT2D eigenvalue weighted by molar-refractivity contribution is 5.79. The number of primary amides is 1. The molecule has 1 amide bonds. The van der Waals surface area contributed by atoms with Gasteiger partial charge in [0.2, 0.25) is 5.91 Å². The van der Waals surface area contributed by atoms with E-state index in [0.717, 1.165) is 32.4 Å². The Morgan fingerprint density at radius 1 is 1.36 bits per heavy atom. The largest absolute Gasteiger partial charge is 0.368 e. The van der Waals surface area contributed by atoms with Crippen molar-refractivity contribution >= 4 is 5.91 Å². The molecular formula is C10H23N3O. The Hall–Kier alpha value is -0.610. The van der Waals surface area contributed by atoms with Gasteiger partial charge in [0.25, 0.3) is 0 Å². The van der Waals surface area contributed by atoms with Crippen molar-refractivity contribution in [3.63, 3.8) is 0 Å². The molecule has 4 heteroatoms. The molecule has 1 atom stereocenters. The minimum absolute atomic E-state index is 0.148. The first-order chi connectivity index (χ1) is 6.67. The molecule has 1 unspecified atom stereocenters. The molecule has 0 aliphatic heterocycles. The van der Waals surface area contributed by atoms with E-state index < -0.39 is 0 Å². The monoisotopic (exact) mass is 201 g/mol. The van der Waals surface area contributed by atoms with Crippen LogP contribution in [0.3, 0.4) is 0 Å². The predicted octanol–water partition coefficient (Wildman–Crippen LogP) is 0.311. The Balaban J connectivity index is 4.19. The van der Waals surface area contributed by atoms with E-state index in [1.807, 2.05) is 6.92 Å². The average molecular weight is 201 g/mol. The zero-order valence-corrected chi connectivity index (χ0v) is 9.33. The van der Waals surface area contributed by atoms with Crippen molar-refractivity contribution in [2.45, 2.75) is 39.2 Å². The number of hydrogen-bond acceptors (Lipinski definition) is 3. The number of rotatable bonds is 8. The van der Waals surface area contributed by atoms with Gasteiger partial charge < -0.3 is 11.5 Å². The number of carbonyl (C=O) groups is 1. The molecule has 0 bridgehead atoms. The summed E-state index contributed by atoms with van der Waals surface area (Å²) in [5.74, 6) is -0.239. The summed E-state index contributed by atoms with van der Waals surface area (Å²) in [6.45, 7) is 6.35. The van der Waals surface area contributed by atoms with Gasteiger partial charge in [0.05, 0.1) is 6.04 Å². The van der Waals surface area contributed by atoms with E-state index in [4.69, 9.17) is 11.5 Å². The fourth-order valence-corrected chi connectivity index (χ4v) is 1.59. The van der Waals surface area contributed by atoms with Crippen molar-refractivity contribution in [2.24, 2.45) is 11.5 Å². The Bertz CT molecular complexity index is 161. The van der Waals surface area contributed by atoms with Gasteiger partial charge in [-0.05, 0) is 19.4 Å². The summed E-state index contributed by atoms with van der Waals surface area (Å²) in [6, 6.07) is -0.148. The van der Waals surface area contributed by atoms with Crippen LogP contribution in [0.1, 0.15) is 33.1 Å². The summed E-state index contributed by atoms with van der Waals surface area (Å²) >= 11 is 0. The Morgan fingerprint density at radius 2 is 2.00 bits per heavy atom. The molecule has 0 radical (unpaired) electrons. The van der Waals surface area contributed by atoms with E-state index >= 15 is 0 Å². The summed E-state index contributed by atoms with van der Waals surface area (Å²) in [4.78, 5) is 13.2. The van der Waals surface area contributed by atoms with Crippen LogP contribution in [0.4, 0.5) is 0 Å². The second kappa shape index (κ2) is 7.76. The molecule has 0 spiro atoms. The summed E-state index contributed by atoms with van der Waals surface area (Å²) in [5.41, 5.74) is 10.8. The summed E-state index contributed by atoms with van der Waals surface area (Å²) < 4.78 is 0. The molecule has 0 aliphatic rings. The highest BCUT2D eigenvalue weighted by Gasteiger charge is 2.20. The van der Waals surface area contributed by atoms with Crippen LogP contribution >= 0.6 is 0 Å². The lowest BCUT2D eigenvalue weighted by molar-refractivity contribution is -0.123. The van der Waals surface area contributed by atoms with E-state index in [0.29, 0.717) is 6.54 Å². The van der Waals surface area contributed by atoms with Crippen LogP contribution in [0.15, 0.2) is 0 Å². The van der Waals surface area contributed by atoms with Crippen LogP contribution in [-0.2, 0) is 4.79 Å². The molecule has 0 aromatic heterocycles. The van der Waals surface area contributed by atoms with Crippen LogP contribution in [-0.4, -0.2) is 36.5 Å². The minimum Gasteiger partial charge on any atom is -0.368 e. The number of nitrogens with two attached hydrogens (primary N) is 2. The third kappa shape index (κ3) is 4.58. The zero-order chi connectivity index (χ0) is 11.0. The van der Waals surface area contributed by atoms with Gasteiger partial charge in [-0.1, -0.05) is 20.3 Å². The molecule has 0 heterocycles. The van der Waals surface area contributed by atoms with Crippen molar-refractivity contribution in [3.8, 4) is 0 Å². The van der Waals surface area contributed by atoms with E-state index in [9.17, 15) is 4.79 Å². The summed E-state index contributed by atoms with van der Waals surface area (Å²) in [5, 5.41) is 0. The lowest BCUT2D eigenvalue weighted by atomic mass is 10.1. The predicted molar refractivity (Wildman–Crippen MR) is 58.8 cm³/mol. The molecule has 4 N–H and O–H groups in total. The van der Waals surface area contributed by atoms with E-state index in [-0.39, 0.29) is 11.9 Å². The molecule has 0 saturated carbocycles. The molecule has 0 aromatic rings. The molecule has 14 heavy (non-hydrogen) atoms. The smallest absolute Gasteiger partial charge is 0.234 e.